The Bertz CT molecular complexity index is 582. The minimum Gasteiger partial charge on any atom is -0.398 e. The summed E-state index contributed by atoms with van der Waals surface area (Å²) >= 11 is 0. The molecule has 6 heteroatoms. The van der Waals surface area contributed by atoms with Crippen LogP contribution in [-0.2, 0) is 10.0 Å². The van der Waals surface area contributed by atoms with Gasteiger partial charge in [-0.3, -0.25) is 0 Å². The molecule has 1 heterocycles. The number of sulfonamides is 1. The smallest absolute Gasteiger partial charge is 0.242 e. The van der Waals surface area contributed by atoms with Gasteiger partial charge in [0.15, 0.2) is 0 Å². The highest BCUT2D eigenvalue weighted by Gasteiger charge is 2.29. The molecule has 1 aliphatic rings. The van der Waals surface area contributed by atoms with Gasteiger partial charge >= 0.3 is 0 Å². The minimum atomic E-state index is -3.49. The average molecular weight is 283 g/mol. The van der Waals surface area contributed by atoms with Gasteiger partial charge < -0.3 is 10.6 Å². The fourth-order valence-electron chi connectivity index (χ4n) is 2.42. The fraction of sp³-hybridized carbons (Fsp3) is 0.538. The second-order valence-electron chi connectivity index (χ2n) is 5.77. The normalized spacial score (nSPS) is 18.8. The third-order valence-corrected chi connectivity index (χ3v) is 5.08. The van der Waals surface area contributed by atoms with Gasteiger partial charge in [-0.05, 0) is 37.1 Å². The van der Waals surface area contributed by atoms with Crippen LogP contribution in [0.25, 0.3) is 0 Å². The van der Waals surface area contributed by atoms with Crippen molar-refractivity contribution in [2.24, 2.45) is 5.41 Å². The van der Waals surface area contributed by atoms with Gasteiger partial charge in [-0.1, -0.05) is 13.8 Å². The van der Waals surface area contributed by atoms with E-state index < -0.39 is 10.0 Å². The Morgan fingerprint density at radius 3 is 2.53 bits per heavy atom. The molecule has 1 fully saturated rings. The minimum absolute atomic E-state index is 0.136. The van der Waals surface area contributed by atoms with Gasteiger partial charge in [0.1, 0.15) is 4.90 Å². The number of nitrogens with two attached hydrogens (primary N) is 1. The van der Waals surface area contributed by atoms with Crippen molar-refractivity contribution in [3.8, 4) is 0 Å². The quantitative estimate of drug-likeness (QED) is 0.823. The van der Waals surface area contributed by atoms with Crippen molar-refractivity contribution in [1.82, 2.24) is 4.72 Å². The van der Waals surface area contributed by atoms with E-state index in [0.717, 1.165) is 25.2 Å². The zero-order valence-corrected chi connectivity index (χ0v) is 12.4. The standard InChI is InChI=1S/C13H21N3O2S/c1-13(2)6-7-16(9-13)10-4-5-12(11(14)8-10)19(17,18)15-3/h4-5,8,15H,6-7,9,14H2,1-3H3. The molecule has 19 heavy (non-hydrogen) atoms. The number of hydrogen-bond acceptors (Lipinski definition) is 4. The third kappa shape index (κ3) is 2.84. The van der Waals surface area contributed by atoms with Crippen LogP contribution in [0.15, 0.2) is 23.1 Å². The summed E-state index contributed by atoms with van der Waals surface area (Å²) in [4.78, 5) is 2.38. The summed E-state index contributed by atoms with van der Waals surface area (Å²) in [6.45, 7) is 6.40. The topological polar surface area (TPSA) is 75.4 Å². The second kappa shape index (κ2) is 4.68. The first-order valence-electron chi connectivity index (χ1n) is 6.33. The Labute approximate surface area is 114 Å². The van der Waals surface area contributed by atoms with Crippen LogP contribution in [0.5, 0.6) is 0 Å². The molecule has 1 aliphatic heterocycles. The first-order chi connectivity index (χ1) is 8.75. The number of benzene rings is 1. The molecule has 0 aromatic heterocycles. The maximum absolute atomic E-state index is 11.8. The van der Waals surface area contributed by atoms with Crippen LogP contribution in [0, 0.1) is 5.41 Å². The average Bonchev–Trinajstić information content (AvgIpc) is 2.69. The molecular weight excluding hydrogens is 262 g/mol. The summed E-state index contributed by atoms with van der Waals surface area (Å²) in [5.74, 6) is 0. The molecular formula is C13H21N3O2S. The molecule has 106 valence electrons. The van der Waals surface area contributed by atoms with Crippen molar-refractivity contribution in [2.75, 3.05) is 30.8 Å². The summed E-state index contributed by atoms with van der Waals surface area (Å²) in [7, 11) is -2.10. The zero-order chi connectivity index (χ0) is 14.3. The predicted octanol–water partition coefficient (Wildman–Crippen LogP) is 1.41. The number of nitrogens with zero attached hydrogens (tertiary/aromatic N) is 1. The Morgan fingerprint density at radius 2 is 2.05 bits per heavy atom. The Hall–Kier alpha value is -1.27. The van der Waals surface area contributed by atoms with Crippen molar-refractivity contribution < 1.29 is 8.42 Å². The first-order valence-corrected chi connectivity index (χ1v) is 7.81. The maximum atomic E-state index is 11.8. The molecule has 0 unspecified atom stereocenters. The van der Waals surface area contributed by atoms with E-state index in [9.17, 15) is 8.42 Å². The first kappa shape index (κ1) is 14.1. The van der Waals surface area contributed by atoms with Gasteiger partial charge in [-0.25, -0.2) is 13.1 Å². The number of anilines is 2. The summed E-state index contributed by atoms with van der Waals surface area (Å²) < 4.78 is 25.8. The van der Waals surface area contributed by atoms with E-state index in [1.807, 2.05) is 6.07 Å². The summed E-state index contributed by atoms with van der Waals surface area (Å²) in [5, 5.41) is 0. The highest BCUT2D eigenvalue weighted by atomic mass is 32.2. The zero-order valence-electron chi connectivity index (χ0n) is 11.6. The number of rotatable bonds is 3. The van der Waals surface area contributed by atoms with Crippen molar-refractivity contribution >= 4 is 21.4 Å². The molecule has 0 amide bonds. The Morgan fingerprint density at radius 1 is 1.37 bits per heavy atom. The van der Waals surface area contributed by atoms with Crippen LogP contribution < -0.4 is 15.4 Å². The molecule has 0 aliphatic carbocycles. The lowest BCUT2D eigenvalue weighted by atomic mass is 9.93. The van der Waals surface area contributed by atoms with Gasteiger partial charge in [0.25, 0.3) is 0 Å². The lowest BCUT2D eigenvalue weighted by Gasteiger charge is -2.22. The largest absolute Gasteiger partial charge is 0.398 e. The number of hydrogen-bond donors (Lipinski definition) is 2. The van der Waals surface area contributed by atoms with Crippen LogP contribution in [-0.4, -0.2) is 28.6 Å². The predicted molar refractivity (Wildman–Crippen MR) is 77.7 cm³/mol. The molecule has 0 radical (unpaired) electrons. The Balaban J connectivity index is 2.30. The molecule has 0 bridgehead atoms. The van der Waals surface area contributed by atoms with Crippen molar-refractivity contribution in [1.29, 1.82) is 0 Å². The molecule has 1 aromatic carbocycles. The molecule has 0 saturated carbocycles. The van der Waals surface area contributed by atoms with E-state index in [1.165, 1.54) is 7.05 Å². The molecule has 0 atom stereocenters. The Kier molecular flexibility index (Phi) is 3.49. The van der Waals surface area contributed by atoms with E-state index in [2.05, 4.69) is 23.5 Å². The maximum Gasteiger partial charge on any atom is 0.242 e. The van der Waals surface area contributed by atoms with Gasteiger partial charge in [0.05, 0.1) is 5.69 Å². The molecule has 5 nitrogen and oxygen atoms in total. The van der Waals surface area contributed by atoms with Crippen LogP contribution in [0.2, 0.25) is 0 Å². The second-order valence-corrected chi connectivity index (χ2v) is 7.62. The molecule has 1 aromatic rings. The van der Waals surface area contributed by atoms with Gasteiger partial charge in [-0.2, -0.15) is 0 Å². The van der Waals surface area contributed by atoms with E-state index in [-0.39, 0.29) is 10.6 Å². The van der Waals surface area contributed by atoms with Crippen molar-refractivity contribution in [2.45, 2.75) is 25.2 Å². The van der Waals surface area contributed by atoms with E-state index in [0.29, 0.717) is 5.41 Å². The van der Waals surface area contributed by atoms with Gasteiger partial charge in [-0.15, -0.1) is 0 Å². The lowest BCUT2D eigenvalue weighted by molar-refractivity contribution is 0.418. The van der Waals surface area contributed by atoms with Gasteiger partial charge in [0, 0.05) is 18.8 Å². The summed E-state index contributed by atoms with van der Waals surface area (Å²) in [6.07, 6.45) is 1.13. The van der Waals surface area contributed by atoms with Crippen LogP contribution in [0.4, 0.5) is 11.4 Å². The fourth-order valence-corrected chi connectivity index (χ4v) is 3.26. The van der Waals surface area contributed by atoms with Crippen LogP contribution in [0.1, 0.15) is 20.3 Å². The molecule has 2 rings (SSSR count). The highest BCUT2D eigenvalue weighted by Crippen LogP contribution is 2.34. The summed E-state index contributed by atoms with van der Waals surface area (Å²) in [6, 6.07) is 5.13. The molecule has 3 N–H and O–H groups in total. The third-order valence-electron chi connectivity index (χ3n) is 3.59. The molecule has 0 spiro atoms. The van der Waals surface area contributed by atoms with E-state index in [1.54, 1.807) is 12.1 Å². The highest BCUT2D eigenvalue weighted by molar-refractivity contribution is 7.89. The number of nitrogens with one attached hydrogen (secondary N) is 1. The van der Waals surface area contributed by atoms with Crippen molar-refractivity contribution in [3.05, 3.63) is 18.2 Å². The van der Waals surface area contributed by atoms with E-state index >= 15 is 0 Å². The lowest BCUT2D eigenvalue weighted by Crippen LogP contribution is -2.23. The monoisotopic (exact) mass is 283 g/mol. The van der Waals surface area contributed by atoms with Crippen molar-refractivity contribution in [3.63, 3.8) is 0 Å². The molecule has 1 saturated heterocycles. The van der Waals surface area contributed by atoms with Crippen LogP contribution in [0.3, 0.4) is 0 Å². The van der Waals surface area contributed by atoms with Crippen LogP contribution >= 0.6 is 0 Å². The SMILES string of the molecule is CNS(=O)(=O)c1ccc(N2CCC(C)(C)C2)cc1N. The van der Waals surface area contributed by atoms with E-state index in [4.69, 9.17) is 5.73 Å². The summed E-state index contributed by atoms with van der Waals surface area (Å²) in [5.41, 5.74) is 7.44. The van der Waals surface area contributed by atoms with Gasteiger partial charge in [0.2, 0.25) is 10.0 Å². The number of nitrogen functional groups attached to an aromatic ring is 1.